The second kappa shape index (κ2) is 3.52. The quantitative estimate of drug-likeness (QED) is 0.622. The number of nitrogens with two attached hydrogens (primary N) is 2. The van der Waals surface area contributed by atoms with E-state index in [1.165, 1.54) is 0 Å². The summed E-state index contributed by atoms with van der Waals surface area (Å²) in [4.78, 5) is 4.52. The first-order valence-electron chi connectivity index (χ1n) is 5.32. The van der Waals surface area contributed by atoms with Gasteiger partial charge in [-0.2, -0.15) is 0 Å². The summed E-state index contributed by atoms with van der Waals surface area (Å²) in [6.45, 7) is 0. The molecule has 2 heterocycles. The van der Waals surface area contributed by atoms with Gasteiger partial charge in [0.2, 0.25) is 0 Å². The molecule has 0 spiro atoms. The Bertz CT molecular complexity index is 685. The van der Waals surface area contributed by atoms with Crippen molar-refractivity contribution in [2.75, 3.05) is 11.5 Å². The van der Waals surface area contributed by atoms with Crippen LogP contribution < -0.4 is 11.5 Å². The minimum Gasteiger partial charge on any atom is -0.399 e. The molecule has 0 aliphatic heterocycles. The van der Waals surface area contributed by atoms with E-state index in [2.05, 4.69) is 4.98 Å². The molecule has 0 unspecified atom stereocenters. The van der Waals surface area contributed by atoms with Crippen LogP contribution in [0.15, 0.2) is 48.8 Å². The largest absolute Gasteiger partial charge is 0.399 e. The first-order chi connectivity index (χ1) is 8.22. The number of rotatable bonds is 1. The topological polar surface area (TPSA) is 69.3 Å². The molecule has 0 radical (unpaired) electrons. The first kappa shape index (κ1) is 9.72. The van der Waals surface area contributed by atoms with Gasteiger partial charge in [0.15, 0.2) is 0 Å². The summed E-state index contributed by atoms with van der Waals surface area (Å²) in [5, 5.41) is 0. The smallest absolute Gasteiger partial charge is 0.137 e. The van der Waals surface area contributed by atoms with Crippen molar-refractivity contribution in [2.45, 2.75) is 0 Å². The molecule has 4 N–H and O–H groups in total. The van der Waals surface area contributed by atoms with E-state index >= 15 is 0 Å². The number of fused-ring (bicyclic) bond motifs is 1. The predicted octanol–water partition coefficient (Wildman–Crippen LogP) is 2.17. The lowest BCUT2D eigenvalue weighted by molar-refractivity contribution is 1.19. The maximum absolute atomic E-state index is 5.76. The Balaban J connectivity index is 2.18. The standard InChI is InChI=1S/C13H12N4/c14-10-3-1-2-9(6-10)12-8-17-7-11(15)4-5-13(17)16-12/h1-8H,14-15H2. The number of nitrogens with zero attached hydrogens (tertiary/aromatic N) is 2. The highest BCUT2D eigenvalue weighted by Gasteiger charge is 2.04. The third kappa shape index (κ3) is 1.69. The summed E-state index contributed by atoms with van der Waals surface area (Å²) in [5.41, 5.74) is 15.7. The van der Waals surface area contributed by atoms with Gasteiger partial charge < -0.3 is 15.9 Å². The zero-order valence-electron chi connectivity index (χ0n) is 9.17. The molecular formula is C13H12N4. The lowest BCUT2D eigenvalue weighted by Gasteiger charge is -1.96. The van der Waals surface area contributed by atoms with Gasteiger partial charge in [-0.3, -0.25) is 0 Å². The van der Waals surface area contributed by atoms with Crippen molar-refractivity contribution in [1.29, 1.82) is 0 Å². The average molecular weight is 224 g/mol. The van der Waals surface area contributed by atoms with Crippen LogP contribution in [0.2, 0.25) is 0 Å². The fraction of sp³-hybridized carbons (Fsp3) is 0. The monoisotopic (exact) mass is 224 g/mol. The summed E-state index contributed by atoms with van der Waals surface area (Å²) in [6.07, 6.45) is 3.79. The van der Waals surface area contributed by atoms with Crippen LogP contribution in [0.3, 0.4) is 0 Å². The molecule has 84 valence electrons. The Labute approximate surface area is 98.5 Å². The van der Waals surface area contributed by atoms with Gasteiger partial charge in [0.05, 0.1) is 5.69 Å². The Hall–Kier alpha value is -2.49. The zero-order chi connectivity index (χ0) is 11.8. The van der Waals surface area contributed by atoms with Crippen molar-refractivity contribution in [3.05, 3.63) is 48.8 Å². The van der Waals surface area contributed by atoms with Gasteiger partial charge in [0, 0.05) is 29.3 Å². The van der Waals surface area contributed by atoms with E-state index in [0.717, 1.165) is 22.6 Å². The molecule has 0 saturated heterocycles. The summed E-state index contributed by atoms with van der Waals surface area (Å²) >= 11 is 0. The number of pyridine rings is 1. The number of benzene rings is 1. The maximum atomic E-state index is 5.76. The molecule has 0 saturated carbocycles. The van der Waals surface area contributed by atoms with Crippen LogP contribution in [0, 0.1) is 0 Å². The van der Waals surface area contributed by atoms with E-state index in [4.69, 9.17) is 11.5 Å². The molecule has 3 rings (SSSR count). The maximum Gasteiger partial charge on any atom is 0.137 e. The minimum atomic E-state index is 0.717. The van der Waals surface area contributed by atoms with Crippen LogP contribution in [-0.4, -0.2) is 9.38 Å². The second-order valence-corrected chi connectivity index (χ2v) is 3.98. The van der Waals surface area contributed by atoms with Gasteiger partial charge in [-0.25, -0.2) is 4.98 Å². The number of aromatic nitrogens is 2. The van der Waals surface area contributed by atoms with E-state index in [9.17, 15) is 0 Å². The summed E-state index contributed by atoms with van der Waals surface area (Å²) in [6, 6.07) is 11.4. The van der Waals surface area contributed by atoms with Crippen molar-refractivity contribution in [2.24, 2.45) is 0 Å². The summed E-state index contributed by atoms with van der Waals surface area (Å²) in [5.74, 6) is 0. The highest BCUT2D eigenvalue weighted by atomic mass is 15.0. The third-order valence-corrected chi connectivity index (χ3v) is 2.66. The minimum absolute atomic E-state index is 0.717. The summed E-state index contributed by atoms with van der Waals surface area (Å²) in [7, 11) is 0. The summed E-state index contributed by atoms with van der Waals surface area (Å²) < 4.78 is 1.91. The van der Waals surface area contributed by atoms with Crippen molar-refractivity contribution in [1.82, 2.24) is 9.38 Å². The Kier molecular flexibility index (Phi) is 2.01. The Morgan fingerprint density at radius 2 is 1.82 bits per heavy atom. The molecule has 0 amide bonds. The van der Waals surface area contributed by atoms with Crippen molar-refractivity contribution in [3.8, 4) is 11.3 Å². The van der Waals surface area contributed by atoms with Crippen LogP contribution in [0.4, 0.5) is 11.4 Å². The van der Waals surface area contributed by atoms with Crippen LogP contribution in [0.5, 0.6) is 0 Å². The van der Waals surface area contributed by atoms with Gasteiger partial charge in [-0.15, -0.1) is 0 Å². The number of hydrogen-bond donors (Lipinski definition) is 2. The normalized spacial score (nSPS) is 10.8. The highest BCUT2D eigenvalue weighted by molar-refractivity contribution is 5.66. The molecule has 0 aliphatic carbocycles. The number of anilines is 2. The van der Waals surface area contributed by atoms with Crippen LogP contribution in [0.1, 0.15) is 0 Å². The average Bonchev–Trinajstić information content (AvgIpc) is 2.72. The molecule has 0 fully saturated rings. The van der Waals surface area contributed by atoms with Gasteiger partial charge in [-0.05, 0) is 24.3 Å². The molecular weight excluding hydrogens is 212 g/mol. The van der Waals surface area contributed by atoms with E-state index < -0.39 is 0 Å². The van der Waals surface area contributed by atoms with Gasteiger partial charge >= 0.3 is 0 Å². The predicted molar refractivity (Wildman–Crippen MR) is 69.5 cm³/mol. The molecule has 4 nitrogen and oxygen atoms in total. The molecule has 0 bridgehead atoms. The fourth-order valence-corrected chi connectivity index (χ4v) is 1.85. The van der Waals surface area contributed by atoms with Crippen LogP contribution in [0.25, 0.3) is 16.9 Å². The van der Waals surface area contributed by atoms with Crippen LogP contribution >= 0.6 is 0 Å². The number of hydrogen-bond acceptors (Lipinski definition) is 3. The SMILES string of the molecule is Nc1cccc(-c2cn3cc(N)ccc3n2)c1. The van der Waals surface area contributed by atoms with Crippen molar-refractivity contribution >= 4 is 17.0 Å². The van der Waals surface area contributed by atoms with Crippen LogP contribution in [-0.2, 0) is 0 Å². The Morgan fingerprint density at radius 3 is 2.65 bits per heavy atom. The molecule has 2 aromatic heterocycles. The number of imidazole rings is 1. The second-order valence-electron chi connectivity index (χ2n) is 3.98. The number of nitrogen functional groups attached to an aromatic ring is 2. The molecule has 0 atom stereocenters. The fourth-order valence-electron chi connectivity index (χ4n) is 1.85. The van der Waals surface area contributed by atoms with Gasteiger partial charge in [0.25, 0.3) is 0 Å². The Morgan fingerprint density at radius 1 is 0.941 bits per heavy atom. The molecule has 3 aromatic rings. The van der Waals surface area contributed by atoms with Crippen molar-refractivity contribution < 1.29 is 0 Å². The lowest BCUT2D eigenvalue weighted by Crippen LogP contribution is -1.88. The van der Waals surface area contributed by atoms with Crippen molar-refractivity contribution in [3.63, 3.8) is 0 Å². The third-order valence-electron chi connectivity index (χ3n) is 2.66. The van der Waals surface area contributed by atoms with E-state index in [1.54, 1.807) is 0 Å². The van der Waals surface area contributed by atoms with E-state index in [1.807, 2.05) is 53.2 Å². The molecule has 1 aromatic carbocycles. The lowest BCUT2D eigenvalue weighted by atomic mass is 10.1. The molecule has 0 aliphatic rings. The molecule has 4 heteroatoms. The first-order valence-corrected chi connectivity index (χ1v) is 5.32. The van der Waals surface area contributed by atoms with Gasteiger partial charge in [-0.1, -0.05) is 12.1 Å². The van der Waals surface area contributed by atoms with E-state index in [-0.39, 0.29) is 0 Å². The zero-order valence-corrected chi connectivity index (χ0v) is 9.17. The molecule has 17 heavy (non-hydrogen) atoms. The highest BCUT2D eigenvalue weighted by Crippen LogP contribution is 2.21. The van der Waals surface area contributed by atoms with E-state index in [0.29, 0.717) is 5.69 Å². The van der Waals surface area contributed by atoms with Gasteiger partial charge in [0.1, 0.15) is 5.65 Å².